The summed E-state index contributed by atoms with van der Waals surface area (Å²) in [6.45, 7) is 11.9. The summed E-state index contributed by atoms with van der Waals surface area (Å²) >= 11 is 0. The molecule has 2 aliphatic heterocycles. The molecule has 5 heteroatoms. The van der Waals surface area contributed by atoms with Gasteiger partial charge in [0.15, 0.2) is 0 Å². The first-order chi connectivity index (χ1) is 10.4. The van der Waals surface area contributed by atoms with Crippen LogP contribution in [0.5, 0.6) is 0 Å². The molecule has 2 saturated heterocycles. The fourth-order valence-electron chi connectivity index (χ4n) is 3.12. The van der Waals surface area contributed by atoms with Gasteiger partial charge >= 0.3 is 6.09 Å². The van der Waals surface area contributed by atoms with E-state index < -0.39 is 5.60 Å². The average molecular weight is 301 g/mol. The van der Waals surface area contributed by atoms with Gasteiger partial charge in [-0.15, -0.1) is 0 Å². The molecule has 1 amide bonds. The third-order valence-corrected chi connectivity index (χ3v) is 4.20. The Balaban J connectivity index is 1.65. The van der Waals surface area contributed by atoms with Crippen LogP contribution in [0, 0.1) is 5.92 Å². The monoisotopic (exact) mass is 301 g/mol. The number of amides is 1. The molecule has 22 heavy (non-hydrogen) atoms. The summed E-state index contributed by atoms with van der Waals surface area (Å²) < 4.78 is 5.47. The van der Waals surface area contributed by atoms with E-state index in [4.69, 9.17) is 4.74 Å². The molecule has 0 aromatic carbocycles. The second kappa shape index (κ2) is 5.30. The molecule has 0 N–H and O–H groups in total. The summed E-state index contributed by atoms with van der Waals surface area (Å²) in [5.41, 5.74) is 1.67. The Morgan fingerprint density at radius 2 is 2.14 bits per heavy atom. The Morgan fingerprint density at radius 3 is 2.82 bits per heavy atom. The summed E-state index contributed by atoms with van der Waals surface area (Å²) in [6, 6.07) is 2.46. The van der Waals surface area contributed by atoms with Gasteiger partial charge in [-0.3, -0.25) is 4.98 Å². The van der Waals surface area contributed by atoms with E-state index in [1.807, 2.05) is 31.9 Å². The van der Waals surface area contributed by atoms with E-state index in [-0.39, 0.29) is 6.09 Å². The van der Waals surface area contributed by atoms with Crippen molar-refractivity contribution < 1.29 is 9.53 Å². The van der Waals surface area contributed by atoms with E-state index in [9.17, 15) is 4.79 Å². The summed E-state index contributed by atoms with van der Waals surface area (Å²) in [4.78, 5) is 20.6. The van der Waals surface area contributed by atoms with Crippen LogP contribution < -0.4 is 4.90 Å². The van der Waals surface area contributed by atoms with Gasteiger partial charge in [0.05, 0.1) is 17.9 Å². The molecule has 3 rings (SSSR count). The number of rotatable bonds is 2. The summed E-state index contributed by atoms with van der Waals surface area (Å²) in [7, 11) is 0. The number of pyridine rings is 1. The Kier molecular flexibility index (Phi) is 3.59. The third-order valence-electron chi connectivity index (χ3n) is 4.20. The molecule has 3 heterocycles. The smallest absolute Gasteiger partial charge is 0.410 e. The van der Waals surface area contributed by atoms with Crippen LogP contribution in [0.2, 0.25) is 0 Å². The maximum absolute atomic E-state index is 12.2. The minimum Gasteiger partial charge on any atom is -0.444 e. The largest absolute Gasteiger partial charge is 0.444 e. The van der Waals surface area contributed by atoms with Gasteiger partial charge in [0.25, 0.3) is 0 Å². The van der Waals surface area contributed by atoms with Gasteiger partial charge in [-0.2, -0.15) is 0 Å². The molecule has 0 bridgehead atoms. The van der Waals surface area contributed by atoms with Crippen molar-refractivity contribution in [2.45, 2.75) is 32.4 Å². The number of likely N-dealkylation sites (tertiary alicyclic amines) is 1. The van der Waals surface area contributed by atoms with E-state index in [0.717, 1.165) is 30.9 Å². The Labute approximate surface area is 131 Å². The van der Waals surface area contributed by atoms with E-state index >= 15 is 0 Å². The highest BCUT2D eigenvalue weighted by molar-refractivity contribution is 5.69. The van der Waals surface area contributed by atoms with Gasteiger partial charge < -0.3 is 14.5 Å². The molecule has 1 aromatic rings. The first kappa shape index (κ1) is 14.9. The highest BCUT2D eigenvalue weighted by Crippen LogP contribution is 2.36. The lowest BCUT2D eigenvalue weighted by atomic mass is 9.91. The predicted molar refractivity (Wildman–Crippen MR) is 86.8 cm³/mol. The highest BCUT2D eigenvalue weighted by atomic mass is 16.6. The van der Waals surface area contributed by atoms with Crippen molar-refractivity contribution in [3.63, 3.8) is 0 Å². The van der Waals surface area contributed by atoms with E-state index in [0.29, 0.717) is 12.0 Å². The highest BCUT2D eigenvalue weighted by Gasteiger charge is 2.47. The van der Waals surface area contributed by atoms with E-state index in [1.165, 1.54) is 0 Å². The zero-order valence-corrected chi connectivity index (χ0v) is 13.5. The van der Waals surface area contributed by atoms with Crippen LogP contribution >= 0.6 is 0 Å². The second-order valence-corrected chi connectivity index (χ2v) is 7.05. The summed E-state index contributed by atoms with van der Waals surface area (Å²) in [5, 5.41) is 0. The average Bonchev–Trinajstić information content (AvgIpc) is 2.75. The van der Waals surface area contributed by atoms with Gasteiger partial charge in [0, 0.05) is 31.7 Å². The van der Waals surface area contributed by atoms with Crippen molar-refractivity contribution in [1.82, 2.24) is 9.88 Å². The number of carbonyl (C=O) groups is 1. The number of hydrogen-bond acceptors (Lipinski definition) is 4. The number of nitrogens with zero attached hydrogens (tertiary/aromatic N) is 3. The fraction of sp³-hybridized carbons (Fsp3) is 0.529. The number of aromatic nitrogens is 1. The van der Waals surface area contributed by atoms with Crippen LogP contribution in [-0.2, 0) is 4.74 Å². The molecule has 118 valence electrons. The first-order valence-corrected chi connectivity index (χ1v) is 7.69. The molecule has 1 aromatic heterocycles. The molecule has 2 atom stereocenters. The van der Waals surface area contributed by atoms with E-state index in [1.54, 1.807) is 12.3 Å². The standard InChI is InChI=1S/C17H23N3O2/c1-5-12-6-14(8-18-7-12)20-10-13-9-19(11-15(13)20)16(21)22-17(2,3)4/h5-8,13,15H,1,9-11H2,2-4H3/t13-,15-/m0/s1. The number of anilines is 1. The van der Waals surface area contributed by atoms with Crippen LogP contribution in [-0.4, -0.2) is 47.3 Å². The molecule has 0 spiro atoms. The van der Waals surface area contributed by atoms with Crippen LogP contribution in [0.25, 0.3) is 6.08 Å². The summed E-state index contributed by atoms with van der Waals surface area (Å²) in [6.07, 6.45) is 5.27. The number of hydrogen-bond donors (Lipinski definition) is 0. The van der Waals surface area contributed by atoms with Crippen molar-refractivity contribution in [1.29, 1.82) is 0 Å². The quantitative estimate of drug-likeness (QED) is 0.842. The molecular formula is C17H23N3O2. The molecule has 2 fully saturated rings. The van der Waals surface area contributed by atoms with Crippen LogP contribution in [0.1, 0.15) is 26.3 Å². The summed E-state index contributed by atoms with van der Waals surface area (Å²) in [5.74, 6) is 0.528. The molecule has 0 saturated carbocycles. The minimum absolute atomic E-state index is 0.209. The maximum atomic E-state index is 12.2. The molecule has 0 aliphatic carbocycles. The zero-order chi connectivity index (χ0) is 15.9. The molecule has 0 radical (unpaired) electrons. The third kappa shape index (κ3) is 2.80. The van der Waals surface area contributed by atoms with Crippen molar-refractivity contribution >= 4 is 17.9 Å². The lowest BCUT2D eigenvalue weighted by Crippen LogP contribution is -2.55. The van der Waals surface area contributed by atoms with Crippen molar-refractivity contribution in [3.05, 3.63) is 30.6 Å². The van der Waals surface area contributed by atoms with Crippen molar-refractivity contribution in [2.24, 2.45) is 5.92 Å². The van der Waals surface area contributed by atoms with Crippen LogP contribution in [0.4, 0.5) is 10.5 Å². The normalized spacial score (nSPS) is 23.8. The van der Waals surface area contributed by atoms with E-state index in [2.05, 4.69) is 22.5 Å². The number of carbonyl (C=O) groups excluding carboxylic acids is 1. The Hall–Kier alpha value is -2.04. The van der Waals surface area contributed by atoms with Gasteiger partial charge in [-0.25, -0.2) is 4.79 Å². The van der Waals surface area contributed by atoms with Gasteiger partial charge in [0.1, 0.15) is 5.60 Å². The predicted octanol–water partition coefficient (Wildman–Crippen LogP) is 2.78. The lowest BCUT2D eigenvalue weighted by molar-refractivity contribution is 0.0291. The maximum Gasteiger partial charge on any atom is 0.410 e. The molecule has 2 aliphatic rings. The Morgan fingerprint density at radius 1 is 1.36 bits per heavy atom. The van der Waals surface area contributed by atoms with Gasteiger partial charge in [-0.1, -0.05) is 12.7 Å². The van der Waals surface area contributed by atoms with Crippen LogP contribution in [0.3, 0.4) is 0 Å². The fourth-order valence-corrected chi connectivity index (χ4v) is 3.12. The SMILES string of the molecule is C=Cc1cncc(N2C[C@@H]3CN(C(=O)OC(C)(C)C)C[C@@H]32)c1. The molecular weight excluding hydrogens is 278 g/mol. The first-order valence-electron chi connectivity index (χ1n) is 7.69. The number of fused-ring (bicyclic) bond motifs is 1. The topological polar surface area (TPSA) is 45.7 Å². The van der Waals surface area contributed by atoms with Gasteiger partial charge in [-0.05, 0) is 32.4 Å². The molecule has 5 nitrogen and oxygen atoms in total. The minimum atomic E-state index is -0.444. The van der Waals surface area contributed by atoms with Crippen molar-refractivity contribution in [3.8, 4) is 0 Å². The second-order valence-electron chi connectivity index (χ2n) is 7.05. The zero-order valence-electron chi connectivity index (χ0n) is 13.5. The number of ether oxygens (including phenoxy) is 1. The lowest BCUT2D eigenvalue weighted by Gasteiger charge is -2.45. The Bertz CT molecular complexity index is 594. The van der Waals surface area contributed by atoms with Crippen LogP contribution in [0.15, 0.2) is 25.0 Å². The van der Waals surface area contributed by atoms with Gasteiger partial charge in [0.2, 0.25) is 0 Å². The van der Waals surface area contributed by atoms with Crippen molar-refractivity contribution in [2.75, 3.05) is 24.5 Å². The molecule has 0 unspecified atom stereocenters.